The van der Waals surface area contributed by atoms with Gasteiger partial charge in [-0.3, -0.25) is 0 Å². The van der Waals surface area contributed by atoms with E-state index >= 15 is 0 Å². The van der Waals surface area contributed by atoms with Crippen LogP contribution in [0.4, 0.5) is 5.69 Å². The SMILES string of the molecule is [CH2-][NH+]1C=C(C)c2ccccc21. The number of hydrogen-bond donors (Lipinski definition) is 1. The van der Waals surface area contributed by atoms with Crippen LogP contribution in [0.25, 0.3) is 5.57 Å². The Balaban J connectivity index is 2.62. The molecule has 1 N–H and O–H groups in total. The molecule has 1 heterocycles. The number of allylic oxidation sites excluding steroid dienone is 1. The molecule has 1 unspecified atom stereocenters. The van der Waals surface area contributed by atoms with Crippen LogP contribution in [-0.4, -0.2) is 0 Å². The highest BCUT2D eigenvalue weighted by atomic mass is 15.1. The summed E-state index contributed by atoms with van der Waals surface area (Å²) in [6.07, 6.45) is 2.13. The van der Waals surface area contributed by atoms with Gasteiger partial charge < -0.3 is 4.90 Å². The monoisotopic (exact) mass is 145 g/mol. The largest absolute Gasteiger partial charge is 0.407 e. The van der Waals surface area contributed by atoms with Crippen molar-refractivity contribution in [1.82, 2.24) is 0 Å². The van der Waals surface area contributed by atoms with E-state index in [-0.39, 0.29) is 0 Å². The van der Waals surface area contributed by atoms with Crippen LogP contribution in [0, 0.1) is 7.05 Å². The van der Waals surface area contributed by atoms with Crippen LogP contribution in [0.15, 0.2) is 30.5 Å². The van der Waals surface area contributed by atoms with Gasteiger partial charge in [0, 0.05) is 11.1 Å². The van der Waals surface area contributed by atoms with Crippen LogP contribution in [0.1, 0.15) is 12.5 Å². The Morgan fingerprint density at radius 2 is 2.00 bits per heavy atom. The highest BCUT2D eigenvalue weighted by Crippen LogP contribution is 2.23. The van der Waals surface area contributed by atoms with Gasteiger partial charge in [0.2, 0.25) is 0 Å². The van der Waals surface area contributed by atoms with Crippen molar-refractivity contribution in [2.45, 2.75) is 6.92 Å². The van der Waals surface area contributed by atoms with E-state index in [1.807, 2.05) is 0 Å². The minimum absolute atomic E-state index is 1.14. The molecule has 1 aromatic carbocycles. The molecule has 1 aliphatic rings. The maximum atomic E-state index is 3.97. The van der Waals surface area contributed by atoms with Crippen molar-refractivity contribution in [3.8, 4) is 0 Å². The molecule has 0 spiro atoms. The summed E-state index contributed by atoms with van der Waals surface area (Å²) in [5.41, 5.74) is 3.94. The first-order chi connectivity index (χ1) is 5.29. The third kappa shape index (κ3) is 0.889. The van der Waals surface area contributed by atoms with Crippen molar-refractivity contribution in [2.24, 2.45) is 0 Å². The van der Waals surface area contributed by atoms with Crippen molar-refractivity contribution in [2.75, 3.05) is 0 Å². The maximum absolute atomic E-state index is 3.97. The second kappa shape index (κ2) is 2.21. The van der Waals surface area contributed by atoms with E-state index in [9.17, 15) is 0 Å². The lowest BCUT2D eigenvalue weighted by molar-refractivity contribution is -0.717. The summed E-state index contributed by atoms with van der Waals surface area (Å²) in [4.78, 5) is 1.14. The average Bonchev–Trinajstić information content (AvgIpc) is 2.30. The maximum Gasteiger partial charge on any atom is 0.117 e. The summed E-state index contributed by atoms with van der Waals surface area (Å²) < 4.78 is 0. The van der Waals surface area contributed by atoms with Gasteiger partial charge in [-0.15, -0.1) is 7.05 Å². The normalized spacial score (nSPS) is 21.3. The molecular formula is C10H11N. The van der Waals surface area contributed by atoms with E-state index in [0.29, 0.717) is 0 Å². The second-order valence-electron chi connectivity index (χ2n) is 2.90. The van der Waals surface area contributed by atoms with E-state index in [0.717, 1.165) is 4.90 Å². The van der Waals surface area contributed by atoms with Crippen LogP contribution >= 0.6 is 0 Å². The van der Waals surface area contributed by atoms with E-state index in [1.54, 1.807) is 0 Å². The van der Waals surface area contributed by atoms with Crippen LogP contribution in [-0.2, 0) is 0 Å². The van der Waals surface area contributed by atoms with Crippen LogP contribution in [0.3, 0.4) is 0 Å². The summed E-state index contributed by atoms with van der Waals surface area (Å²) in [5, 5.41) is 0. The molecular weight excluding hydrogens is 134 g/mol. The Bertz CT molecular complexity index is 312. The smallest absolute Gasteiger partial charge is 0.117 e. The molecule has 1 heteroatoms. The molecule has 0 fully saturated rings. The summed E-state index contributed by atoms with van der Waals surface area (Å²) in [6, 6.07) is 8.37. The fourth-order valence-electron chi connectivity index (χ4n) is 1.52. The minimum Gasteiger partial charge on any atom is -0.407 e. The zero-order chi connectivity index (χ0) is 7.84. The molecule has 0 bridgehead atoms. The number of rotatable bonds is 0. The minimum atomic E-state index is 1.14. The first kappa shape index (κ1) is 6.62. The summed E-state index contributed by atoms with van der Waals surface area (Å²) >= 11 is 0. The standard InChI is InChI=1S/C10H11N/c1-8-7-11(2)10-6-4-3-5-9(8)10/h3-7,11H,2H2,1H3. The second-order valence-corrected chi connectivity index (χ2v) is 2.90. The van der Waals surface area contributed by atoms with Gasteiger partial charge in [-0.05, 0) is 19.1 Å². The predicted octanol–water partition coefficient (Wildman–Crippen LogP) is 1.37. The van der Waals surface area contributed by atoms with Crippen molar-refractivity contribution in [3.63, 3.8) is 0 Å². The number of fused-ring (bicyclic) bond motifs is 1. The van der Waals surface area contributed by atoms with Crippen molar-refractivity contribution in [3.05, 3.63) is 43.1 Å². The molecule has 11 heavy (non-hydrogen) atoms. The van der Waals surface area contributed by atoms with Gasteiger partial charge in [0.25, 0.3) is 0 Å². The van der Waals surface area contributed by atoms with Crippen molar-refractivity contribution >= 4 is 11.3 Å². The molecule has 0 saturated heterocycles. The summed E-state index contributed by atoms with van der Waals surface area (Å²) in [6.45, 7) is 2.12. The molecule has 1 aromatic rings. The number of para-hydroxylation sites is 1. The van der Waals surface area contributed by atoms with E-state index < -0.39 is 0 Å². The van der Waals surface area contributed by atoms with Crippen LogP contribution in [0.5, 0.6) is 0 Å². The molecule has 1 aliphatic heterocycles. The third-order valence-electron chi connectivity index (χ3n) is 2.09. The van der Waals surface area contributed by atoms with Crippen LogP contribution in [0.2, 0.25) is 0 Å². The molecule has 0 aromatic heterocycles. The van der Waals surface area contributed by atoms with E-state index in [2.05, 4.69) is 44.4 Å². The molecule has 2 rings (SSSR count). The quantitative estimate of drug-likeness (QED) is 0.526. The molecule has 1 nitrogen and oxygen atoms in total. The lowest BCUT2D eigenvalue weighted by Gasteiger charge is -2.09. The highest BCUT2D eigenvalue weighted by Gasteiger charge is 2.15. The number of quaternary nitrogens is 1. The Hall–Kier alpha value is -1.08. The Morgan fingerprint density at radius 1 is 1.27 bits per heavy atom. The first-order valence-corrected chi connectivity index (χ1v) is 3.76. The molecule has 0 amide bonds. The van der Waals surface area contributed by atoms with Crippen molar-refractivity contribution in [1.29, 1.82) is 0 Å². The van der Waals surface area contributed by atoms with Crippen LogP contribution < -0.4 is 4.90 Å². The lowest BCUT2D eigenvalue weighted by Crippen LogP contribution is -2.95. The predicted molar refractivity (Wildman–Crippen MR) is 46.1 cm³/mol. The highest BCUT2D eigenvalue weighted by molar-refractivity contribution is 5.73. The van der Waals surface area contributed by atoms with Crippen molar-refractivity contribution < 1.29 is 4.90 Å². The molecule has 0 saturated carbocycles. The number of nitrogens with one attached hydrogen (secondary N) is 1. The van der Waals surface area contributed by atoms with Gasteiger partial charge in [0.05, 0.1) is 6.20 Å². The van der Waals surface area contributed by atoms with Gasteiger partial charge in [0.15, 0.2) is 0 Å². The molecule has 0 aliphatic carbocycles. The van der Waals surface area contributed by atoms with Gasteiger partial charge in [-0.25, -0.2) is 0 Å². The lowest BCUT2D eigenvalue weighted by atomic mass is 10.1. The molecule has 1 atom stereocenters. The third-order valence-corrected chi connectivity index (χ3v) is 2.09. The van der Waals surface area contributed by atoms with Gasteiger partial charge in [-0.2, -0.15) is 0 Å². The topological polar surface area (TPSA) is 4.44 Å². The summed E-state index contributed by atoms with van der Waals surface area (Å²) in [5.74, 6) is 0. The van der Waals surface area contributed by atoms with Gasteiger partial charge in [0.1, 0.15) is 5.69 Å². The Morgan fingerprint density at radius 3 is 2.73 bits per heavy atom. The first-order valence-electron chi connectivity index (χ1n) is 3.76. The summed E-state index contributed by atoms with van der Waals surface area (Å²) in [7, 11) is 3.97. The molecule has 0 radical (unpaired) electrons. The fourth-order valence-corrected chi connectivity index (χ4v) is 1.52. The Labute approximate surface area is 67.0 Å². The fraction of sp³-hybridized carbons (Fsp3) is 0.100. The average molecular weight is 145 g/mol. The van der Waals surface area contributed by atoms with Gasteiger partial charge in [-0.1, -0.05) is 12.1 Å². The Kier molecular flexibility index (Phi) is 1.33. The number of benzene rings is 1. The zero-order valence-corrected chi connectivity index (χ0v) is 6.59. The molecule has 56 valence electrons. The van der Waals surface area contributed by atoms with Gasteiger partial charge >= 0.3 is 0 Å². The van der Waals surface area contributed by atoms with E-state index in [4.69, 9.17) is 0 Å². The van der Waals surface area contributed by atoms with E-state index in [1.165, 1.54) is 16.8 Å². The number of hydrogen-bond acceptors (Lipinski definition) is 0. The zero-order valence-electron chi connectivity index (χ0n) is 6.59.